The van der Waals surface area contributed by atoms with Crippen LogP contribution < -0.4 is 4.74 Å². The van der Waals surface area contributed by atoms with Crippen molar-refractivity contribution in [1.82, 2.24) is 14.8 Å². The van der Waals surface area contributed by atoms with Gasteiger partial charge in [0.05, 0.1) is 31.8 Å². The molecule has 1 aromatic rings. The van der Waals surface area contributed by atoms with Crippen LogP contribution in [0.1, 0.15) is 23.2 Å². The van der Waals surface area contributed by atoms with Gasteiger partial charge in [0.1, 0.15) is 0 Å². The van der Waals surface area contributed by atoms with Gasteiger partial charge in [0.2, 0.25) is 11.8 Å². The summed E-state index contributed by atoms with van der Waals surface area (Å²) in [5, 5.41) is 0. The van der Waals surface area contributed by atoms with Gasteiger partial charge in [-0.1, -0.05) is 0 Å². The van der Waals surface area contributed by atoms with E-state index in [9.17, 15) is 9.59 Å². The molecule has 0 spiro atoms. The minimum absolute atomic E-state index is 0.0790. The Labute approximate surface area is 141 Å². The molecule has 0 saturated carbocycles. The van der Waals surface area contributed by atoms with Crippen LogP contribution in [0, 0.1) is 5.92 Å². The normalized spacial score (nSPS) is 21.5. The van der Waals surface area contributed by atoms with Gasteiger partial charge in [0.15, 0.2) is 0 Å². The molecule has 3 rings (SSSR count). The zero-order valence-electron chi connectivity index (χ0n) is 13.9. The number of ether oxygens (including phenoxy) is 2. The van der Waals surface area contributed by atoms with E-state index in [0.29, 0.717) is 50.8 Å². The second kappa shape index (κ2) is 7.61. The lowest BCUT2D eigenvalue weighted by Gasteiger charge is -2.36. The molecular formula is C17H23N3O4. The molecule has 0 aliphatic carbocycles. The first-order chi connectivity index (χ1) is 11.7. The summed E-state index contributed by atoms with van der Waals surface area (Å²) >= 11 is 0. The number of hydrogen-bond acceptors (Lipinski definition) is 5. The third-order valence-electron chi connectivity index (χ3n) is 4.57. The molecule has 2 saturated heterocycles. The monoisotopic (exact) mass is 333 g/mol. The highest BCUT2D eigenvalue weighted by atomic mass is 16.5. The van der Waals surface area contributed by atoms with Crippen molar-refractivity contribution < 1.29 is 19.1 Å². The maximum atomic E-state index is 12.6. The van der Waals surface area contributed by atoms with E-state index in [0.717, 1.165) is 12.8 Å². The Kier molecular flexibility index (Phi) is 5.30. The van der Waals surface area contributed by atoms with Crippen LogP contribution in [-0.4, -0.2) is 73.1 Å². The van der Waals surface area contributed by atoms with Crippen molar-refractivity contribution in [1.29, 1.82) is 0 Å². The molecule has 7 nitrogen and oxygen atoms in total. The van der Waals surface area contributed by atoms with Crippen molar-refractivity contribution in [3.8, 4) is 5.88 Å². The van der Waals surface area contributed by atoms with Crippen LogP contribution in [0.4, 0.5) is 0 Å². The summed E-state index contributed by atoms with van der Waals surface area (Å²) in [7, 11) is 1.54. The van der Waals surface area contributed by atoms with Gasteiger partial charge >= 0.3 is 0 Å². The molecule has 2 amide bonds. The summed E-state index contributed by atoms with van der Waals surface area (Å²) in [6, 6.07) is 3.38. The fraction of sp³-hybridized carbons (Fsp3) is 0.588. The Morgan fingerprint density at radius 2 is 2.00 bits per heavy atom. The molecule has 0 aromatic carbocycles. The molecule has 2 fully saturated rings. The number of likely N-dealkylation sites (tertiary alicyclic amines) is 1. The molecule has 0 radical (unpaired) electrons. The number of rotatable bonds is 3. The summed E-state index contributed by atoms with van der Waals surface area (Å²) in [4.78, 5) is 33.0. The molecule has 0 bridgehead atoms. The number of nitrogens with zero attached hydrogens (tertiary/aromatic N) is 3. The molecule has 0 unspecified atom stereocenters. The zero-order valence-corrected chi connectivity index (χ0v) is 13.9. The molecule has 2 aliphatic rings. The van der Waals surface area contributed by atoms with E-state index < -0.39 is 0 Å². The van der Waals surface area contributed by atoms with E-state index in [1.54, 1.807) is 17.0 Å². The van der Waals surface area contributed by atoms with E-state index in [1.165, 1.54) is 13.3 Å². The first-order valence-corrected chi connectivity index (χ1v) is 8.35. The lowest BCUT2D eigenvalue weighted by Crippen LogP contribution is -2.49. The van der Waals surface area contributed by atoms with Crippen molar-refractivity contribution in [2.45, 2.75) is 12.8 Å². The minimum atomic E-state index is -0.119. The molecule has 3 heterocycles. The van der Waals surface area contributed by atoms with Crippen molar-refractivity contribution in [3.05, 3.63) is 23.9 Å². The van der Waals surface area contributed by atoms with Crippen LogP contribution >= 0.6 is 0 Å². The summed E-state index contributed by atoms with van der Waals surface area (Å²) in [6.45, 7) is 3.63. The first-order valence-electron chi connectivity index (χ1n) is 8.35. The Bertz CT molecular complexity index is 584. The van der Waals surface area contributed by atoms with Crippen LogP contribution in [-0.2, 0) is 9.53 Å². The second-order valence-electron chi connectivity index (χ2n) is 6.12. The molecule has 130 valence electrons. The maximum absolute atomic E-state index is 12.6. The van der Waals surface area contributed by atoms with Crippen LogP contribution in [0.15, 0.2) is 18.3 Å². The van der Waals surface area contributed by atoms with Crippen molar-refractivity contribution >= 4 is 11.8 Å². The van der Waals surface area contributed by atoms with E-state index in [-0.39, 0.29) is 17.7 Å². The van der Waals surface area contributed by atoms with Gasteiger partial charge in [-0.3, -0.25) is 9.59 Å². The second-order valence-corrected chi connectivity index (χ2v) is 6.12. The van der Waals surface area contributed by atoms with Gasteiger partial charge in [-0.25, -0.2) is 4.98 Å². The Balaban J connectivity index is 1.63. The molecule has 24 heavy (non-hydrogen) atoms. The number of aromatic nitrogens is 1. The van der Waals surface area contributed by atoms with Crippen LogP contribution in [0.25, 0.3) is 0 Å². The Morgan fingerprint density at radius 1 is 1.21 bits per heavy atom. The molecule has 1 atom stereocenters. The lowest BCUT2D eigenvalue weighted by atomic mass is 9.95. The van der Waals surface area contributed by atoms with E-state index in [2.05, 4.69) is 4.98 Å². The third-order valence-corrected chi connectivity index (χ3v) is 4.57. The first kappa shape index (κ1) is 16.7. The highest BCUT2D eigenvalue weighted by Crippen LogP contribution is 2.21. The zero-order chi connectivity index (χ0) is 16.9. The van der Waals surface area contributed by atoms with Crippen LogP contribution in [0.3, 0.4) is 0 Å². The number of hydrogen-bond donors (Lipinski definition) is 0. The topological polar surface area (TPSA) is 72.0 Å². The van der Waals surface area contributed by atoms with Crippen LogP contribution in [0.5, 0.6) is 5.88 Å². The third kappa shape index (κ3) is 3.67. The van der Waals surface area contributed by atoms with E-state index in [1.807, 2.05) is 4.90 Å². The van der Waals surface area contributed by atoms with E-state index in [4.69, 9.17) is 9.47 Å². The van der Waals surface area contributed by atoms with Gasteiger partial charge in [-0.05, 0) is 18.9 Å². The summed E-state index contributed by atoms with van der Waals surface area (Å²) in [5.41, 5.74) is 0.523. The fourth-order valence-corrected chi connectivity index (χ4v) is 3.22. The minimum Gasteiger partial charge on any atom is -0.481 e. The lowest BCUT2D eigenvalue weighted by molar-refractivity contribution is -0.141. The molecule has 0 N–H and O–H groups in total. The number of carbonyl (C=O) groups excluding carboxylic acids is 2. The summed E-state index contributed by atoms with van der Waals surface area (Å²) in [5.74, 6) is 0.422. The smallest absolute Gasteiger partial charge is 0.255 e. The average molecular weight is 333 g/mol. The van der Waals surface area contributed by atoms with Crippen molar-refractivity contribution in [3.63, 3.8) is 0 Å². The average Bonchev–Trinajstić information content (AvgIpc) is 2.67. The largest absolute Gasteiger partial charge is 0.481 e. The van der Waals surface area contributed by atoms with Gasteiger partial charge in [-0.15, -0.1) is 0 Å². The highest BCUT2D eigenvalue weighted by molar-refractivity contribution is 5.94. The number of methoxy groups -OCH3 is 1. The predicted molar refractivity (Wildman–Crippen MR) is 86.8 cm³/mol. The Morgan fingerprint density at radius 3 is 2.67 bits per heavy atom. The van der Waals surface area contributed by atoms with Crippen molar-refractivity contribution in [2.75, 3.05) is 46.5 Å². The number of carbonyl (C=O) groups is 2. The van der Waals surface area contributed by atoms with Crippen molar-refractivity contribution in [2.24, 2.45) is 5.92 Å². The molecular weight excluding hydrogens is 310 g/mol. The van der Waals surface area contributed by atoms with Crippen LogP contribution in [0.2, 0.25) is 0 Å². The standard InChI is InChI=1S/C17H23N3O4/c1-23-15-5-4-13(11-18-15)16(21)20-6-2-3-14(12-20)17(22)19-7-9-24-10-8-19/h4-5,11,14H,2-3,6-10,12H2,1H3/t14-/m0/s1. The summed E-state index contributed by atoms with van der Waals surface area (Å²) in [6.07, 6.45) is 3.20. The number of piperidine rings is 1. The Hall–Kier alpha value is -2.15. The SMILES string of the molecule is COc1ccc(C(=O)N2CCC[C@H](C(=O)N3CCOCC3)C2)cn1. The quantitative estimate of drug-likeness (QED) is 0.818. The van der Waals surface area contributed by atoms with Gasteiger partial charge in [0, 0.05) is 38.4 Å². The number of pyridine rings is 1. The highest BCUT2D eigenvalue weighted by Gasteiger charge is 2.32. The van der Waals surface area contributed by atoms with Gasteiger partial charge in [-0.2, -0.15) is 0 Å². The number of morpholine rings is 1. The summed E-state index contributed by atoms with van der Waals surface area (Å²) < 4.78 is 10.3. The maximum Gasteiger partial charge on any atom is 0.255 e. The number of amides is 2. The molecule has 1 aromatic heterocycles. The fourth-order valence-electron chi connectivity index (χ4n) is 3.22. The van der Waals surface area contributed by atoms with Gasteiger partial charge < -0.3 is 19.3 Å². The molecule has 2 aliphatic heterocycles. The predicted octanol–water partition coefficient (Wildman–Crippen LogP) is 0.801. The van der Waals surface area contributed by atoms with Gasteiger partial charge in [0.25, 0.3) is 5.91 Å². The molecule has 7 heteroatoms. The van der Waals surface area contributed by atoms with E-state index >= 15 is 0 Å².